The molecule has 0 aliphatic heterocycles. The topological polar surface area (TPSA) is 100 Å². The summed E-state index contributed by atoms with van der Waals surface area (Å²) in [6.45, 7) is 2.05. The summed E-state index contributed by atoms with van der Waals surface area (Å²) in [6, 6.07) is 9.66. The third kappa shape index (κ3) is 5.33. The van der Waals surface area contributed by atoms with Gasteiger partial charge >= 0.3 is 6.03 Å². The molecule has 1 aromatic carbocycles. The van der Waals surface area contributed by atoms with Crippen molar-refractivity contribution in [2.45, 2.75) is 19.5 Å². The van der Waals surface area contributed by atoms with Crippen molar-refractivity contribution in [3.63, 3.8) is 0 Å². The Morgan fingerprint density at radius 2 is 1.96 bits per heavy atom. The van der Waals surface area contributed by atoms with Gasteiger partial charge in [0.1, 0.15) is 5.76 Å². The van der Waals surface area contributed by atoms with Crippen LogP contribution in [0.15, 0.2) is 47.1 Å². The molecule has 2 amide bonds. The number of benzene rings is 1. The number of anilines is 1. The number of nitrogens with one attached hydrogen (secondary N) is 3. The van der Waals surface area contributed by atoms with Gasteiger partial charge < -0.3 is 15.1 Å². The normalized spacial score (nSPS) is 12.4. The summed E-state index contributed by atoms with van der Waals surface area (Å²) in [6.07, 6.45) is 2.61. The van der Waals surface area contributed by atoms with E-state index in [4.69, 9.17) is 4.42 Å². The van der Waals surface area contributed by atoms with Crippen LogP contribution in [0.5, 0.6) is 0 Å². The fraction of sp³-hybridized carbons (Fsp3) is 0.267. The highest BCUT2D eigenvalue weighted by Crippen LogP contribution is 2.23. The Labute approximate surface area is 135 Å². The molecule has 7 nitrogen and oxygen atoms in total. The Kier molecular flexibility index (Phi) is 5.28. The molecule has 1 heterocycles. The van der Waals surface area contributed by atoms with Gasteiger partial charge in [0.2, 0.25) is 10.0 Å². The molecule has 0 aliphatic rings. The molecule has 0 spiro atoms. The number of para-hydroxylation sites is 1. The smallest absolute Gasteiger partial charge is 0.315 e. The number of hydrogen-bond donors (Lipinski definition) is 3. The SMILES string of the molecule is CC(NC(=O)NCc1ccco1)c1ccccc1NS(C)(=O)=O. The summed E-state index contributed by atoms with van der Waals surface area (Å²) < 4.78 is 30.4. The molecular formula is C15H19N3O4S. The van der Waals surface area contributed by atoms with Crippen LogP contribution in [-0.4, -0.2) is 20.7 Å². The Morgan fingerprint density at radius 1 is 1.22 bits per heavy atom. The van der Waals surface area contributed by atoms with Crippen LogP contribution in [-0.2, 0) is 16.6 Å². The number of amides is 2. The average Bonchev–Trinajstić information content (AvgIpc) is 2.97. The lowest BCUT2D eigenvalue weighted by Crippen LogP contribution is -2.36. The summed E-state index contributed by atoms with van der Waals surface area (Å²) in [4.78, 5) is 11.9. The van der Waals surface area contributed by atoms with E-state index >= 15 is 0 Å². The number of rotatable bonds is 6. The highest BCUT2D eigenvalue weighted by atomic mass is 32.2. The van der Waals surface area contributed by atoms with Gasteiger partial charge in [-0.2, -0.15) is 0 Å². The minimum absolute atomic E-state index is 0.273. The first kappa shape index (κ1) is 16.9. The molecule has 1 aromatic heterocycles. The molecule has 2 rings (SSSR count). The summed E-state index contributed by atoms with van der Waals surface area (Å²) >= 11 is 0. The lowest BCUT2D eigenvalue weighted by Gasteiger charge is -2.18. The van der Waals surface area contributed by atoms with Crippen molar-refractivity contribution in [2.75, 3.05) is 11.0 Å². The Morgan fingerprint density at radius 3 is 2.61 bits per heavy atom. The fourth-order valence-electron chi connectivity index (χ4n) is 2.07. The first-order valence-electron chi connectivity index (χ1n) is 6.98. The van der Waals surface area contributed by atoms with Crippen LogP contribution in [0.3, 0.4) is 0 Å². The van der Waals surface area contributed by atoms with E-state index in [1.165, 1.54) is 6.26 Å². The quantitative estimate of drug-likeness (QED) is 0.752. The average molecular weight is 337 g/mol. The molecule has 0 fully saturated rings. The van der Waals surface area contributed by atoms with Gasteiger partial charge in [-0.3, -0.25) is 4.72 Å². The van der Waals surface area contributed by atoms with E-state index in [1.807, 2.05) is 0 Å². The van der Waals surface area contributed by atoms with Gasteiger partial charge in [-0.1, -0.05) is 18.2 Å². The van der Waals surface area contributed by atoms with Gasteiger partial charge in [-0.05, 0) is 30.7 Å². The Balaban J connectivity index is 1.99. The molecule has 0 saturated carbocycles. The Hall–Kier alpha value is -2.48. The zero-order chi connectivity index (χ0) is 16.9. The van der Waals surface area contributed by atoms with Crippen LogP contribution in [0.25, 0.3) is 0 Å². The third-order valence-electron chi connectivity index (χ3n) is 3.07. The summed E-state index contributed by atoms with van der Waals surface area (Å²) in [5.41, 5.74) is 1.11. The number of hydrogen-bond acceptors (Lipinski definition) is 4. The number of carbonyl (C=O) groups excluding carboxylic acids is 1. The standard InChI is InChI=1S/C15H19N3O4S/c1-11(17-15(19)16-10-12-6-5-9-22-12)13-7-3-4-8-14(13)18-23(2,20)21/h3-9,11,18H,10H2,1-2H3,(H2,16,17,19). The van der Waals surface area contributed by atoms with Gasteiger partial charge in [0.25, 0.3) is 0 Å². The van der Waals surface area contributed by atoms with Crippen molar-refractivity contribution in [2.24, 2.45) is 0 Å². The lowest BCUT2D eigenvalue weighted by molar-refractivity contribution is 0.236. The zero-order valence-corrected chi connectivity index (χ0v) is 13.7. The monoisotopic (exact) mass is 337 g/mol. The highest BCUT2D eigenvalue weighted by molar-refractivity contribution is 7.92. The van der Waals surface area contributed by atoms with Crippen LogP contribution in [0.2, 0.25) is 0 Å². The number of urea groups is 1. The van der Waals surface area contributed by atoms with E-state index in [1.54, 1.807) is 43.3 Å². The van der Waals surface area contributed by atoms with Gasteiger partial charge in [0, 0.05) is 0 Å². The van der Waals surface area contributed by atoms with Crippen molar-refractivity contribution in [1.29, 1.82) is 0 Å². The number of carbonyl (C=O) groups is 1. The molecule has 0 bridgehead atoms. The van der Waals surface area contributed by atoms with Gasteiger partial charge in [0.15, 0.2) is 0 Å². The Bertz CT molecular complexity index is 757. The zero-order valence-electron chi connectivity index (χ0n) is 12.9. The molecular weight excluding hydrogens is 318 g/mol. The maximum atomic E-state index is 11.9. The summed E-state index contributed by atoms with van der Waals surface area (Å²) in [5.74, 6) is 0.645. The molecule has 1 atom stereocenters. The molecule has 2 aromatic rings. The maximum Gasteiger partial charge on any atom is 0.315 e. The minimum atomic E-state index is -3.39. The predicted molar refractivity (Wildman–Crippen MR) is 87.4 cm³/mol. The van der Waals surface area contributed by atoms with Crippen LogP contribution in [0.4, 0.5) is 10.5 Å². The predicted octanol–water partition coefficient (Wildman–Crippen LogP) is 2.21. The summed E-state index contributed by atoms with van der Waals surface area (Å²) in [5, 5.41) is 5.43. The van der Waals surface area contributed by atoms with Crippen LogP contribution in [0.1, 0.15) is 24.3 Å². The van der Waals surface area contributed by atoms with Gasteiger partial charge in [-0.15, -0.1) is 0 Å². The first-order valence-corrected chi connectivity index (χ1v) is 8.88. The van der Waals surface area contributed by atoms with E-state index in [9.17, 15) is 13.2 Å². The lowest BCUT2D eigenvalue weighted by atomic mass is 10.1. The van der Waals surface area contributed by atoms with E-state index < -0.39 is 10.0 Å². The number of sulfonamides is 1. The molecule has 0 saturated heterocycles. The van der Waals surface area contributed by atoms with E-state index in [-0.39, 0.29) is 18.6 Å². The molecule has 23 heavy (non-hydrogen) atoms. The van der Waals surface area contributed by atoms with Crippen LogP contribution in [0, 0.1) is 0 Å². The van der Waals surface area contributed by atoms with Crippen molar-refractivity contribution in [3.05, 3.63) is 54.0 Å². The number of furan rings is 1. The molecule has 124 valence electrons. The van der Waals surface area contributed by atoms with Crippen molar-refractivity contribution in [3.8, 4) is 0 Å². The maximum absolute atomic E-state index is 11.9. The summed E-state index contributed by atoms with van der Waals surface area (Å²) in [7, 11) is -3.39. The van der Waals surface area contributed by atoms with Crippen molar-refractivity contribution >= 4 is 21.7 Å². The molecule has 0 radical (unpaired) electrons. The van der Waals surface area contributed by atoms with E-state index in [0.717, 1.165) is 6.26 Å². The third-order valence-corrected chi connectivity index (χ3v) is 3.66. The van der Waals surface area contributed by atoms with Gasteiger partial charge in [0.05, 0.1) is 30.8 Å². The fourth-order valence-corrected chi connectivity index (χ4v) is 2.66. The second kappa shape index (κ2) is 7.19. The van der Waals surface area contributed by atoms with Gasteiger partial charge in [-0.25, -0.2) is 13.2 Å². The van der Waals surface area contributed by atoms with Crippen LogP contribution >= 0.6 is 0 Å². The molecule has 0 aliphatic carbocycles. The van der Waals surface area contributed by atoms with E-state index in [2.05, 4.69) is 15.4 Å². The molecule has 1 unspecified atom stereocenters. The highest BCUT2D eigenvalue weighted by Gasteiger charge is 2.15. The van der Waals surface area contributed by atoms with Crippen molar-refractivity contribution < 1.29 is 17.6 Å². The largest absolute Gasteiger partial charge is 0.467 e. The first-order chi connectivity index (χ1) is 10.8. The minimum Gasteiger partial charge on any atom is -0.467 e. The second-order valence-electron chi connectivity index (χ2n) is 5.09. The van der Waals surface area contributed by atoms with Crippen molar-refractivity contribution in [1.82, 2.24) is 10.6 Å². The van der Waals surface area contributed by atoms with E-state index in [0.29, 0.717) is 17.0 Å². The molecule has 8 heteroatoms. The second-order valence-corrected chi connectivity index (χ2v) is 6.84. The van der Waals surface area contributed by atoms with Crippen LogP contribution < -0.4 is 15.4 Å². The molecule has 3 N–H and O–H groups in total.